The molecule has 2 unspecified atom stereocenters. The van der Waals surface area contributed by atoms with Crippen LogP contribution in [0, 0.1) is 10.8 Å². The topological polar surface area (TPSA) is 3.24 Å². The number of hydrogen-bond donors (Lipinski definition) is 0. The third kappa shape index (κ3) is 2.31. The second-order valence-electron chi connectivity index (χ2n) is 7.59. The molecular formula is C15H27F2N. The van der Waals surface area contributed by atoms with E-state index in [1.807, 2.05) is 7.05 Å². The Kier molecular flexibility index (Phi) is 3.50. The van der Waals surface area contributed by atoms with Crippen LogP contribution in [0.15, 0.2) is 0 Å². The highest BCUT2D eigenvalue weighted by atomic mass is 19.3. The molecule has 0 aromatic heterocycles. The fourth-order valence-corrected chi connectivity index (χ4v) is 4.36. The number of halogens is 2. The van der Waals surface area contributed by atoms with Crippen molar-refractivity contribution in [3.05, 3.63) is 0 Å². The van der Waals surface area contributed by atoms with Crippen LogP contribution in [-0.2, 0) is 0 Å². The lowest BCUT2D eigenvalue weighted by atomic mass is 9.66. The predicted octanol–water partition coefficient (Wildman–Crippen LogP) is 4.32. The van der Waals surface area contributed by atoms with Crippen LogP contribution in [0.5, 0.6) is 0 Å². The molecule has 1 heterocycles. The van der Waals surface area contributed by atoms with Crippen LogP contribution in [0.3, 0.4) is 0 Å². The SMILES string of the molecule is CN1CCCC1C1(CC(C)(C)C)CCCC1(F)F. The highest BCUT2D eigenvalue weighted by molar-refractivity contribution is 5.08. The van der Waals surface area contributed by atoms with E-state index in [0.29, 0.717) is 19.3 Å². The molecule has 1 aliphatic heterocycles. The van der Waals surface area contributed by atoms with E-state index < -0.39 is 11.3 Å². The van der Waals surface area contributed by atoms with E-state index in [1.54, 1.807) is 0 Å². The van der Waals surface area contributed by atoms with Crippen molar-refractivity contribution in [2.45, 2.75) is 71.3 Å². The number of hydrogen-bond acceptors (Lipinski definition) is 1. The van der Waals surface area contributed by atoms with Crippen molar-refractivity contribution in [2.75, 3.05) is 13.6 Å². The average molecular weight is 259 g/mol. The van der Waals surface area contributed by atoms with Gasteiger partial charge in [0.1, 0.15) is 0 Å². The minimum absolute atomic E-state index is 0.0306. The first-order valence-corrected chi connectivity index (χ1v) is 7.26. The Labute approximate surface area is 110 Å². The Morgan fingerprint density at radius 1 is 1.17 bits per heavy atom. The molecule has 0 N–H and O–H groups in total. The van der Waals surface area contributed by atoms with E-state index in [4.69, 9.17) is 0 Å². The lowest BCUT2D eigenvalue weighted by Crippen LogP contribution is -2.52. The van der Waals surface area contributed by atoms with Gasteiger partial charge in [-0.25, -0.2) is 8.78 Å². The van der Waals surface area contributed by atoms with Gasteiger partial charge in [-0.1, -0.05) is 20.8 Å². The van der Waals surface area contributed by atoms with E-state index in [-0.39, 0.29) is 17.9 Å². The molecule has 1 saturated carbocycles. The third-order valence-corrected chi connectivity index (χ3v) is 4.85. The lowest BCUT2D eigenvalue weighted by Gasteiger charge is -2.46. The quantitative estimate of drug-likeness (QED) is 0.713. The van der Waals surface area contributed by atoms with Gasteiger partial charge in [-0.2, -0.15) is 0 Å². The van der Waals surface area contributed by atoms with Gasteiger partial charge >= 0.3 is 0 Å². The molecule has 18 heavy (non-hydrogen) atoms. The van der Waals surface area contributed by atoms with Gasteiger partial charge in [0.15, 0.2) is 0 Å². The second kappa shape index (κ2) is 4.43. The first-order valence-electron chi connectivity index (χ1n) is 7.26. The van der Waals surface area contributed by atoms with Crippen molar-refractivity contribution in [3.8, 4) is 0 Å². The summed E-state index contributed by atoms with van der Waals surface area (Å²) in [6.45, 7) is 7.26. The molecule has 1 nitrogen and oxygen atoms in total. The summed E-state index contributed by atoms with van der Waals surface area (Å²) >= 11 is 0. The summed E-state index contributed by atoms with van der Waals surface area (Å²) in [5.41, 5.74) is -0.812. The van der Waals surface area contributed by atoms with Gasteiger partial charge in [-0.3, -0.25) is 0 Å². The fourth-order valence-electron chi connectivity index (χ4n) is 4.36. The summed E-state index contributed by atoms with van der Waals surface area (Å²) in [6.07, 6.45) is 4.14. The summed E-state index contributed by atoms with van der Waals surface area (Å²) in [7, 11) is 2.02. The van der Waals surface area contributed by atoms with E-state index in [2.05, 4.69) is 25.7 Å². The molecule has 3 heteroatoms. The van der Waals surface area contributed by atoms with Crippen LogP contribution in [-0.4, -0.2) is 30.5 Å². The smallest absolute Gasteiger partial charge is 0.255 e. The van der Waals surface area contributed by atoms with Gasteiger partial charge in [-0.15, -0.1) is 0 Å². The van der Waals surface area contributed by atoms with E-state index in [0.717, 1.165) is 19.4 Å². The summed E-state index contributed by atoms with van der Waals surface area (Å²) in [4.78, 5) is 2.19. The van der Waals surface area contributed by atoms with Crippen LogP contribution < -0.4 is 0 Å². The Morgan fingerprint density at radius 3 is 2.22 bits per heavy atom. The van der Waals surface area contributed by atoms with E-state index in [9.17, 15) is 8.78 Å². The molecule has 1 aliphatic carbocycles. The molecule has 0 spiro atoms. The maximum absolute atomic E-state index is 14.6. The van der Waals surface area contributed by atoms with Gasteiger partial charge < -0.3 is 4.90 Å². The average Bonchev–Trinajstić information content (AvgIpc) is 2.70. The Morgan fingerprint density at radius 2 is 1.83 bits per heavy atom. The normalized spacial score (nSPS) is 37.3. The molecule has 0 bridgehead atoms. The second-order valence-corrected chi connectivity index (χ2v) is 7.59. The molecule has 0 radical (unpaired) electrons. The van der Waals surface area contributed by atoms with Crippen LogP contribution >= 0.6 is 0 Å². The zero-order chi connectivity index (χ0) is 13.6. The lowest BCUT2D eigenvalue weighted by molar-refractivity contribution is -0.144. The molecule has 106 valence electrons. The van der Waals surface area contributed by atoms with Crippen molar-refractivity contribution < 1.29 is 8.78 Å². The molecule has 0 aromatic carbocycles. The van der Waals surface area contributed by atoms with E-state index in [1.165, 1.54) is 0 Å². The van der Waals surface area contributed by atoms with Crippen molar-refractivity contribution in [2.24, 2.45) is 10.8 Å². The maximum Gasteiger partial charge on any atom is 0.255 e. The van der Waals surface area contributed by atoms with Crippen LogP contribution in [0.1, 0.15) is 59.3 Å². The Hall–Kier alpha value is -0.180. The summed E-state index contributed by atoms with van der Waals surface area (Å²) in [5.74, 6) is -2.48. The zero-order valence-electron chi connectivity index (χ0n) is 12.2. The molecule has 2 aliphatic rings. The molecule has 2 atom stereocenters. The highest BCUT2D eigenvalue weighted by Crippen LogP contribution is 2.59. The van der Waals surface area contributed by atoms with Gasteiger partial charge in [0.05, 0.1) is 5.41 Å². The number of likely N-dealkylation sites (tertiary alicyclic amines) is 1. The first kappa shape index (κ1) is 14.2. The van der Waals surface area contributed by atoms with Crippen LogP contribution in [0.25, 0.3) is 0 Å². The molecule has 2 rings (SSSR count). The van der Waals surface area contributed by atoms with Gasteiger partial charge in [-0.05, 0) is 51.1 Å². The van der Waals surface area contributed by atoms with Gasteiger partial charge in [0.2, 0.25) is 0 Å². The molecule has 0 aromatic rings. The minimum Gasteiger partial charge on any atom is -0.303 e. The minimum atomic E-state index is -2.48. The molecule has 1 saturated heterocycles. The predicted molar refractivity (Wildman–Crippen MR) is 71.0 cm³/mol. The summed E-state index contributed by atoms with van der Waals surface area (Å²) < 4.78 is 29.2. The molecule has 2 fully saturated rings. The molecule has 0 amide bonds. The van der Waals surface area contributed by atoms with Crippen molar-refractivity contribution in [3.63, 3.8) is 0 Å². The molecular weight excluding hydrogens is 232 g/mol. The third-order valence-electron chi connectivity index (χ3n) is 4.85. The first-order chi connectivity index (χ1) is 8.18. The monoisotopic (exact) mass is 259 g/mol. The van der Waals surface area contributed by atoms with Crippen LogP contribution in [0.2, 0.25) is 0 Å². The summed E-state index contributed by atoms with van der Waals surface area (Å²) in [5, 5.41) is 0. The number of alkyl halides is 2. The van der Waals surface area contributed by atoms with Gasteiger partial charge in [0.25, 0.3) is 5.92 Å². The van der Waals surface area contributed by atoms with Crippen molar-refractivity contribution in [1.29, 1.82) is 0 Å². The number of rotatable bonds is 2. The van der Waals surface area contributed by atoms with Crippen molar-refractivity contribution >= 4 is 0 Å². The zero-order valence-corrected chi connectivity index (χ0v) is 12.2. The summed E-state index contributed by atoms with van der Waals surface area (Å²) in [6, 6.07) is 0.0780. The standard InChI is InChI=1S/C15H27F2N/c1-13(2,3)11-14(8-6-9-15(14,16)17)12-7-5-10-18(12)4/h12H,5-11H2,1-4H3. The Balaban J connectivity index is 2.34. The highest BCUT2D eigenvalue weighted by Gasteiger charge is 2.62. The van der Waals surface area contributed by atoms with Gasteiger partial charge in [0, 0.05) is 12.5 Å². The maximum atomic E-state index is 14.6. The largest absolute Gasteiger partial charge is 0.303 e. The van der Waals surface area contributed by atoms with E-state index >= 15 is 0 Å². The number of nitrogens with zero attached hydrogens (tertiary/aromatic N) is 1. The van der Waals surface area contributed by atoms with Crippen molar-refractivity contribution in [1.82, 2.24) is 4.90 Å². The fraction of sp³-hybridized carbons (Fsp3) is 1.00. The van der Waals surface area contributed by atoms with Crippen LogP contribution in [0.4, 0.5) is 8.78 Å². The Bertz CT molecular complexity index is 308.